The molecular weight excluding hydrogens is 378 g/mol. The molecule has 28 heavy (non-hydrogen) atoms. The number of rotatable bonds is 2. The summed E-state index contributed by atoms with van der Waals surface area (Å²) in [6.45, 7) is 4.82. The average Bonchev–Trinajstić information content (AvgIpc) is 3.11. The van der Waals surface area contributed by atoms with E-state index in [1.54, 1.807) is 6.07 Å². The Balaban J connectivity index is 0.00000192. The van der Waals surface area contributed by atoms with Crippen molar-refractivity contribution in [2.45, 2.75) is 13.0 Å². The van der Waals surface area contributed by atoms with Crippen molar-refractivity contribution in [3.05, 3.63) is 59.2 Å². The Morgan fingerprint density at radius 2 is 2.11 bits per heavy atom. The number of halogens is 1. The number of aromatic nitrogens is 3. The SMILES string of the molecule is C[C@@H]1CN(c2ccc3cc(-c4cn5ccccc5n4)c(=O)oc3n2)CCN1.Cl. The Morgan fingerprint density at radius 3 is 2.93 bits per heavy atom. The molecule has 5 rings (SSSR count). The van der Waals surface area contributed by atoms with E-state index in [2.05, 4.69) is 27.1 Å². The third-order valence-electron chi connectivity index (χ3n) is 4.92. The van der Waals surface area contributed by atoms with Gasteiger partial charge in [0.05, 0.1) is 11.3 Å². The van der Waals surface area contributed by atoms with Crippen molar-refractivity contribution in [3.63, 3.8) is 0 Å². The Labute approximate surface area is 167 Å². The minimum Gasteiger partial charge on any atom is -0.403 e. The molecule has 0 bridgehead atoms. The number of anilines is 1. The van der Waals surface area contributed by atoms with Crippen LogP contribution in [-0.2, 0) is 0 Å². The summed E-state index contributed by atoms with van der Waals surface area (Å²) in [6.07, 6.45) is 3.73. The summed E-state index contributed by atoms with van der Waals surface area (Å²) in [5.41, 5.74) is 1.75. The van der Waals surface area contributed by atoms with Crippen molar-refractivity contribution in [3.8, 4) is 11.3 Å². The van der Waals surface area contributed by atoms with Crippen LogP contribution in [0.25, 0.3) is 28.0 Å². The molecule has 4 aromatic heterocycles. The van der Waals surface area contributed by atoms with Gasteiger partial charge in [0.2, 0.25) is 5.71 Å². The number of pyridine rings is 2. The molecule has 0 unspecified atom stereocenters. The number of hydrogen-bond acceptors (Lipinski definition) is 6. The van der Waals surface area contributed by atoms with Crippen LogP contribution in [0.5, 0.6) is 0 Å². The first-order valence-electron chi connectivity index (χ1n) is 9.05. The summed E-state index contributed by atoms with van der Waals surface area (Å²) in [6, 6.07) is 11.9. The van der Waals surface area contributed by atoms with E-state index in [1.807, 2.05) is 47.1 Å². The number of piperazine rings is 1. The molecule has 5 heterocycles. The monoisotopic (exact) mass is 397 g/mol. The second-order valence-electron chi connectivity index (χ2n) is 6.90. The number of nitrogens with zero attached hydrogens (tertiary/aromatic N) is 4. The Kier molecular flexibility index (Phi) is 4.78. The van der Waals surface area contributed by atoms with Crippen LogP contribution in [0, 0.1) is 0 Å². The summed E-state index contributed by atoms with van der Waals surface area (Å²) < 4.78 is 7.42. The molecule has 4 aromatic rings. The lowest BCUT2D eigenvalue weighted by molar-refractivity contribution is 0.481. The molecular formula is C20H20ClN5O2. The average molecular weight is 398 g/mol. The summed E-state index contributed by atoms with van der Waals surface area (Å²) >= 11 is 0. The molecule has 8 heteroatoms. The number of imidazole rings is 1. The Hall–Kier alpha value is -2.90. The lowest BCUT2D eigenvalue weighted by atomic mass is 10.2. The quantitative estimate of drug-likeness (QED) is 0.560. The summed E-state index contributed by atoms with van der Waals surface area (Å²) in [7, 11) is 0. The molecule has 0 radical (unpaired) electrons. The highest BCUT2D eigenvalue weighted by atomic mass is 35.5. The molecule has 1 fully saturated rings. The van der Waals surface area contributed by atoms with Crippen LogP contribution in [0.3, 0.4) is 0 Å². The molecule has 0 amide bonds. The molecule has 0 aliphatic carbocycles. The lowest BCUT2D eigenvalue weighted by Crippen LogP contribution is -2.49. The van der Waals surface area contributed by atoms with Gasteiger partial charge >= 0.3 is 5.63 Å². The highest BCUT2D eigenvalue weighted by Gasteiger charge is 2.18. The van der Waals surface area contributed by atoms with E-state index in [0.29, 0.717) is 23.0 Å². The first-order chi connectivity index (χ1) is 13.2. The topological polar surface area (TPSA) is 75.7 Å². The predicted octanol–water partition coefficient (Wildman–Crippen LogP) is 2.72. The summed E-state index contributed by atoms with van der Waals surface area (Å²) in [5.74, 6) is 0.833. The van der Waals surface area contributed by atoms with Gasteiger partial charge in [-0.1, -0.05) is 6.07 Å². The second kappa shape index (κ2) is 7.26. The molecule has 0 aromatic carbocycles. The first kappa shape index (κ1) is 18.5. The van der Waals surface area contributed by atoms with Gasteiger partial charge in [0.15, 0.2) is 0 Å². The van der Waals surface area contributed by atoms with E-state index in [1.165, 1.54) is 0 Å². The number of hydrogen-bond donors (Lipinski definition) is 1. The zero-order valence-electron chi connectivity index (χ0n) is 15.3. The van der Waals surface area contributed by atoms with Crippen LogP contribution in [0.15, 0.2) is 58.0 Å². The van der Waals surface area contributed by atoms with Gasteiger partial charge in [-0.25, -0.2) is 9.78 Å². The normalized spacial score (nSPS) is 17.0. The number of nitrogens with one attached hydrogen (secondary N) is 1. The summed E-state index contributed by atoms with van der Waals surface area (Å²) in [4.78, 5) is 23.9. The first-order valence-corrected chi connectivity index (χ1v) is 9.05. The molecule has 144 valence electrons. The van der Waals surface area contributed by atoms with Gasteiger partial charge in [-0.3, -0.25) is 0 Å². The maximum Gasteiger partial charge on any atom is 0.347 e. The van der Waals surface area contributed by atoms with E-state index < -0.39 is 5.63 Å². The van der Waals surface area contributed by atoms with E-state index in [9.17, 15) is 4.79 Å². The van der Waals surface area contributed by atoms with Crippen LogP contribution in [0.4, 0.5) is 5.82 Å². The van der Waals surface area contributed by atoms with Crippen LogP contribution < -0.4 is 15.8 Å². The van der Waals surface area contributed by atoms with Crippen molar-refractivity contribution in [1.82, 2.24) is 19.7 Å². The highest BCUT2D eigenvalue weighted by molar-refractivity contribution is 5.85. The van der Waals surface area contributed by atoms with E-state index in [4.69, 9.17) is 4.42 Å². The molecule has 0 saturated carbocycles. The fourth-order valence-corrected chi connectivity index (χ4v) is 3.55. The second-order valence-corrected chi connectivity index (χ2v) is 6.90. The van der Waals surface area contributed by atoms with Crippen molar-refractivity contribution >= 4 is 35.0 Å². The van der Waals surface area contributed by atoms with Gasteiger partial charge in [0.25, 0.3) is 0 Å². The minimum atomic E-state index is -0.427. The van der Waals surface area contributed by atoms with Crippen molar-refractivity contribution in [1.29, 1.82) is 0 Å². The van der Waals surface area contributed by atoms with Gasteiger partial charge in [0, 0.05) is 43.5 Å². The van der Waals surface area contributed by atoms with Gasteiger partial charge in [-0.15, -0.1) is 12.4 Å². The fourth-order valence-electron chi connectivity index (χ4n) is 3.55. The van der Waals surface area contributed by atoms with Crippen LogP contribution in [0.1, 0.15) is 6.92 Å². The molecule has 1 N–H and O–H groups in total. The maximum absolute atomic E-state index is 12.6. The molecule has 1 aliphatic rings. The third kappa shape index (κ3) is 3.23. The Morgan fingerprint density at radius 1 is 1.21 bits per heavy atom. The van der Waals surface area contributed by atoms with E-state index in [-0.39, 0.29) is 12.4 Å². The van der Waals surface area contributed by atoms with Gasteiger partial charge < -0.3 is 19.0 Å². The Bertz CT molecular complexity index is 1170. The van der Waals surface area contributed by atoms with Crippen molar-refractivity contribution < 1.29 is 4.42 Å². The van der Waals surface area contributed by atoms with Crippen LogP contribution >= 0.6 is 12.4 Å². The molecule has 0 spiro atoms. The largest absolute Gasteiger partial charge is 0.403 e. The smallest absolute Gasteiger partial charge is 0.347 e. The van der Waals surface area contributed by atoms with Gasteiger partial charge in [-0.2, -0.15) is 4.98 Å². The minimum absolute atomic E-state index is 0. The standard InChI is InChI=1S/C20H19N5O2.ClH/c1-13-11-25(9-7-21-13)18-6-5-14-10-15(20(26)27-19(14)23-18)16-12-24-8-3-2-4-17(24)22-16;/h2-6,8,10,12-13,21H,7,9,11H2,1H3;1H/t13-;/m1./s1. The summed E-state index contributed by atoms with van der Waals surface area (Å²) in [5, 5.41) is 4.20. The maximum atomic E-state index is 12.6. The zero-order valence-corrected chi connectivity index (χ0v) is 16.1. The number of fused-ring (bicyclic) bond motifs is 2. The molecule has 7 nitrogen and oxygen atoms in total. The zero-order chi connectivity index (χ0) is 18.4. The van der Waals surface area contributed by atoms with Crippen molar-refractivity contribution in [2.75, 3.05) is 24.5 Å². The predicted molar refractivity (Wildman–Crippen MR) is 111 cm³/mol. The fraction of sp³-hybridized carbons (Fsp3) is 0.250. The van der Waals surface area contributed by atoms with Crippen LogP contribution in [0.2, 0.25) is 0 Å². The molecule has 1 aliphatic heterocycles. The lowest BCUT2D eigenvalue weighted by Gasteiger charge is -2.32. The van der Waals surface area contributed by atoms with Gasteiger partial charge in [0.1, 0.15) is 11.5 Å². The van der Waals surface area contributed by atoms with Gasteiger partial charge in [-0.05, 0) is 37.3 Å². The van der Waals surface area contributed by atoms with Crippen LogP contribution in [-0.4, -0.2) is 40.0 Å². The van der Waals surface area contributed by atoms with E-state index >= 15 is 0 Å². The highest BCUT2D eigenvalue weighted by Crippen LogP contribution is 2.23. The molecule has 1 atom stereocenters. The molecule has 1 saturated heterocycles. The third-order valence-corrected chi connectivity index (χ3v) is 4.92. The van der Waals surface area contributed by atoms with Crippen molar-refractivity contribution in [2.24, 2.45) is 0 Å². The van der Waals surface area contributed by atoms with E-state index in [0.717, 1.165) is 36.5 Å².